The maximum absolute atomic E-state index is 6.54. The molecule has 126 valence electrons. The molecule has 2 aliphatic rings. The summed E-state index contributed by atoms with van der Waals surface area (Å²) in [5.41, 5.74) is 7.68. The molecule has 4 heteroatoms. The van der Waals surface area contributed by atoms with Crippen molar-refractivity contribution in [3.05, 3.63) is 86.7 Å². The number of aromatic nitrogens is 1. The molecule has 2 aromatic carbocycles. The van der Waals surface area contributed by atoms with E-state index in [9.17, 15) is 0 Å². The minimum Gasteiger partial charge on any atom is -0.317 e. The van der Waals surface area contributed by atoms with Crippen molar-refractivity contribution in [2.24, 2.45) is 0 Å². The Bertz CT molecular complexity index is 974. The van der Waals surface area contributed by atoms with Gasteiger partial charge in [0.25, 0.3) is 0 Å². The zero-order valence-corrected chi connectivity index (χ0v) is 15.2. The van der Waals surface area contributed by atoms with E-state index in [0.717, 1.165) is 17.8 Å². The molecule has 0 bridgehead atoms. The quantitative estimate of drug-likeness (QED) is 0.602. The molecule has 1 unspecified atom stereocenters. The number of aryl methyl sites for hydroxylation is 2. The maximum Gasteiger partial charge on any atom is 0.0737 e. The number of rotatable bonds is 1. The zero-order valence-electron chi connectivity index (χ0n) is 13.7. The Balaban J connectivity index is 1.65. The van der Waals surface area contributed by atoms with Gasteiger partial charge in [-0.1, -0.05) is 41.4 Å². The monoisotopic (exact) mass is 368 g/mol. The van der Waals surface area contributed by atoms with E-state index in [0.29, 0.717) is 10.0 Å². The van der Waals surface area contributed by atoms with Gasteiger partial charge in [0.1, 0.15) is 0 Å². The Morgan fingerprint density at radius 1 is 0.960 bits per heavy atom. The number of hydrogen-bond acceptors (Lipinski definition) is 1. The largest absolute Gasteiger partial charge is 0.317 e. The van der Waals surface area contributed by atoms with Gasteiger partial charge in [-0.15, -0.1) is 0 Å². The highest BCUT2D eigenvalue weighted by atomic mass is 35.5. The van der Waals surface area contributed by atoms with E-state index in [2.05, 4.69) is 46.4 Å². The van der Waals surface area contributed by atoms with E-state index >= 15 is 0 Å². The summed E-state index contributed by atoms with van der Waals surface area (Å²) < 4.78 is 2.20. The first-order valence-electron chi connectivity index (χ1n) is 8.71. The molecule has 0 spiro atoms. The van der Waals surface area contributed by atoms with Gasteiger partial charge >= 0.3 is 0 Å². The fourth-order valence-electron chi connectivity index (χ4n) is 4.23. The van der Waals surface area contributed by atoms with Gasteiger partial charge in [-0.3, -0.25) is 0 Å². The van der Waals surface area contributed by atoms with Crippen LogP contribution >= 0.6 is 23.2 Å². The van der Waals surface area contributed by atoms with E-state index in [1.54, 1.807) is 0 Å². The highest BCUT2D eigenvalue weighted by Gasteiger charge is 2.25. The average molecular weight is 369 g/mol. The summed E-state index contributed by atoms with van der Waals surface area (Å²) in [6.45, 7) is 0.735. The third-order valence-electron chi connectivity index (χ3n) is 5.38. The first kappa shape index (κ1) is 15.5. The predicted octanol–water partition coefficient (Wildman–Crippen LogP) is 5.47. The van der Waals surface area contributed by atoms with Gasteiger partial charge in [0.15, 0.2) is 0 Å². The van der Waals surface area contributed by atoms with Crippen LogP contribution in [0.1, 0.15) is 40.4 Å². The molecule has 1 aliphatic heterocycles. The van der Waals surface area contributed by atoms with Gasteiger partial charge < -0.3 is 9.88 Å². The van der Waals surface area contributed by atoms with Crippen LogP contribution in [-0.2, 0) is 19.4 Å². The number of nitrogens with zero attached hydrogens (tertiary/aromatic N) is 1. The number of fused-ring (bicyclic) bond motifs is 4. The normalized spacial score (nSPS) is 18.4. The number of benzene rings is 2. The molecule has 5 rings (SSSR count). The molecule has 0 radical (unpaired) electrons. The van der Waals surface area contributed by atoms with Crippen LogP contribution in [0.3, 0.4) is 0 Å². The summed E-state index contributed by atoms with van der Waals surface area (Å²) in [7, 11) is 0. The van der Waals surface area contributed by atoms with Gasteiger partial charge in [-0.2, -0.15) is 0 Å². The third kappa shape index (κ3) is 2.52. The van der Waals surface area contributed by atoms with Crippen molar-refractivity contribution in [2.75, 3.05) is 0 Å². The topological polar surface area (TPSA) is 17.0 Å². The Hall–Kier alpha value is -1.74. The molecule has 1 aliphatic carbocycles. The van der Waals surface area contributed by atoms with Gasteiger partial charge in [0, 0.05) is 23.5 Å². The molecular weight excluding hydrogens is 351 g/mol. The zero-order chi connectivity index (χ0) is 17.0. The predicted molar refractivity (Wildman–Crippen MR) is 103 cm³/mol. The van der Waals surface area contributed by atoms with Crippen LogP contribution < -0.4 is 5.32 Å². The average Bonchev–Trinajstić information content (AvgIpc) is 3.21. The van der Waals surface area contributed by atoms with Gasteiger partial charge in [0.05, 0.1) is 16.8 Å². The van der Waals surface area contributed by atoms with E-state index in [-0.39, 0.29) is 6.04 Å². The molecular formula is C21H18Cl2N2. The van der Waals surface area contributed by atoms with E-state index in [4.69, 9.17) is 23.2 Å². The third-order valence-corrected chi connectivity index (χ3v) is 5.88. The first-order chi connectivity index (χ1) is 12.2. The summed E-state index contributed by atoms with van der Waals surface area (Å²) in [5.74, 6) is 0. The van der Waals surface area contributed by atoms with E-state index < -0.39 is 0 Å². The lowest BCUT2D eigenvalue weighted by atomic mass is 9.99. The summed E-state index contributed by atoms with van der Waals surface area (Å²) in [4.78, 5) is 0. The van der Waals surface area contributed by atoms with Crippen LogP contribution in [0.25, 0.3) is 5.69 Å². The van der Waals surface area contributed by atoms with Crippen molar-refractivity contribution in [3.63, 3.8) is 0 Å². The molecule has 25 heavy (non-hydrogen) atoms. The van der Waals surface area contributed by atoms with Crippen LogP contribution in [0, 0.1) is 0 Å². The van der Waals surface area contributed by atoms with Gasteiger partial charge in [-0.05, 0) is 65.8 Å². The lowest BCUT2D eigenvalue weighted by Crippen LogP contribution is -2.21. The van der Waals surface area contributed by atoms with Gasteiger partial charge in [-0.25, -0.2) is 0 Å². The number of hydrogen-bond donors (Lipinski definition) is 1. The molecule has 0 saturated heterocycles. The lowest BCUT2D eigenvalue weighted by molar-refractivity contribution is 0.600. The lowest BCUT2D eigenvalue weighted by Gasteiger charge is -2.19. The minimum absolute atomic E-state index is 0.142. The summed E-state index contributed by atoms with van der Waals surface area (Å²) in [5, 5.41) is 5.07. The van der Waals surface area contributed by atoms with Crippen molar-refractivity contribution in [2.45, 2.75) is 31.8 Å². The molecule has 0 saturated carbocycles. The standard InChI is InChI=1S/C21H18Cl2N2/c22-17-10-16-12-24-20(15-7-6-13-3-1-4-14(13)9-15)19-5-2-8-25(19)21(16)18(23)11-17/h2,5-11,20,24H,1,3-4,12H2. The summed E-state index contributed by atoms with van der Waals surface area (Å²) >= 11 is 12.8. The Morgan fingerprint density at radius 2 is 1.84 bits per heavy atom. The maximum atomic E-state index is 6.54. The van der Waals surface area contributed by atoms with Crippen LogP contribution in [0.2, 0.25) is 10.0 Å². The second-order valence-corrected chi connectivity index (χ2v) is 7.74. The van der Waals surface area contributed by atoms with Crippen molar-refractivity contribution in [1.29, 1.82) is 0 Å². The van der Waals surface area contributed by atoms with Gasteiger partial charge in [0.2, 0.25) is 0 Å². The molecule has 2 heterocycles. The molecule has 0 amide bonds. The van der Waals surface area contributed by atoms with Crippen molar-refractivity contribution < 1.29 is 0 Å². The Labute approximate surface area is 157 Å². The Kier molecular flexibility index (Phi) is 3.67. The SMILES string of the molecule is Clc1cc(Cl)c2c(c1)CNC(c1ccc3c(c1)CCC3)c1cccn1-2. The number of halogens is 2. The van der Waals surface area contributed by atoms with Crippen molar-refractivity contribution >= 4 is 23.2 Å². The van der Waals surface area contributed by atoms with Crippen LogP contribution in [0.4, 0.5) is 0 Å². The summed E-state index contributed by atoms with van der Waals surface area (Å²) in [6, 6.07) is 15.2. The highest BCUT2D eigenvalue weighted by Crippen LogP contribution is 2.36. The molecule has 3 aromatic rings. The molecule has 2 nitrogen and oxygen atoms in total. The Morgan fingerprint density at radius 3 is 2.76 bits per heavy atom. The second kappa shape index (κ2) is 5.91. The minimum atomic E-state index is 0.142. The number of nitrogens with one attached hydrogen (secondary N) is 1. The van der Waals surface area contributed by atoms with E-state index in [1.165, 1.54) is 41.6 Å². The van der Waals surface area contributed by atoms with Crippen molar-refractivity contribution in [1.82, 2.24) is 9.88 Å². The molecule has 1 aromatic heterocycles. The first-order valence-corrected chi connectivity index (χ1v) is 9.47. The molecule has 0 fully saturated rings. The van der Waals surface area contributed by atoms with Crippen molar-refractivity contribution in [3.8, 4) is 5.69 Å². The van der Waals surface area contributed by atoms with Crippen LogP contribution in [0.5, 0.6) is 0 Å². The van der Waals surface area contributed by atoms with Crippen LogP contribution in [0.15, 0.2) is 48.7 Å². The van der Waals surface area contributed by atoms with E-state index in [1.807, 2.05) is 12.1 Å². The summed E-state index contributed by atoms with van der Waals surface area (Å²) in [6.07, 6.45) is 5.76. The molecule has 1 atom stereocenters. The second-order valence-electron chi connectivity index (χ2n) is 6.89. The highest BCUT2D eigenvalue weighted by molar-refractivity contribution is 6.36. The molecule has 1 N–H and O–H groups in total. The fourth-order valence-corrected chi connectivity index (χ4v) is 4.86. The van der Waals surface area contributed by atoms with Crippen LogP contribution in [-0.4, -0.2) is 4.57 Å². The fraction of sp³-hybridized carbons (Fsp3) is 0.238. The smallest absolute Gasteiger partial charge is 0.0737 e.